The van der Waals surface area contributed by atoms with Gasteiger partial charge in [-0.25, -0.2) is 0 Å². The first-order valence-corrected chi connectivity index (χ1v) is 4.62. The van der Waals surface area contributed by atoms with Crippen LogP contribution in [0.1, 0.15) is 6.92 Å². The van der Waals surface area contributed by atoms with Crippen molar-refractivity contribution < 1.29 is 4.79 Å². The lowest BCUT2D eigenvalue weighted by Crippen LogP contribution is -2.01. The Balaban J connectivity index is 4.11. The molecule has 1 unspecified atom stereocenters. The Hall–Kier alpha value is -0.830. The molecular weight excluding hydrogens is 170 g/mol. The maximum atomic E-state index is 10.4. The summed E-state index contributed by atoms with van der Waals surface area (Å²) in [5, 5.41) is 0.502. The lowest BCUT2D eigenvalue weighted by molar-refractivity contribution is -0.102. The second-order valence-corrected chi connectivity index (χ2v) is 3.20. The van der Waals surface area contributed by atoms with E-state index >= 15 is 0 Å². The van der Waals surface area contributed by atoms with Crippen molar-refractivity contribution in [3.63, 3.8) is 0 Å². The van der Waals surface area contributed by atoms with Gasteiger partial charge in [0.25, 0.3) is 0 Å². The molecule has 0 spiro atoms. The minimum Gasteiger partial charge on any atom is -0.296 e. The van der Waals surface area contributed by atoms with Gasteiger partial charge in [-0.15, -0.1) is 13.2 Å². The fraction of sp³-hybridized carbons (Fsp3) is 0.333. The normalized spacial score (nSPS) is 13.6. The van der Waals surface area contributed by atoms with Crippen molar-refractivity contribution in [2.45, 2.75) is 13.0 Å². The van der Waals surface area contributed by atoms with Gasteiger partial charge in [-0.3, -0.25) is 9.79 Å². The van der Waals surface area contributed by atoms with Crippen LogP contribution in [0.25, 0.3) is 0 Å². The summed E-state index contributed by atoms with van der Waals surface area (Å²) in [5.41, 5.74) is 0. The molecular formula is C9H13NOS. The monoisotopic (exact) mass is 183 g/mol. The van der Waals surface area contributed by atoms with Crippen LogP contribution < -0.4 is 0 Å². The molecule has 0 saturated heterocycles. The highest BCUT2D eigenvalue weighted by molar-refractivity contribution is 8.15. The average molecular weight is 183 g/mol. The highest BCUT2D eigenvalue weighted by atomic mass is 32.2. The van der Waals surface area contributed by atoms with Crippen molar-refractivity contribution in [2.75, 3.05) is 5.75 Å². The summed E-state index contributed by atoms with van der Waals surface area (Å²) >= 11 is 1.38. The van der Waals surface area contributed by atoms with E-state index in [1.165, 1.54) is 11.8 Å². The molecule has 0 rings (SSSR count). The van der Waals surface area contributed by atoms with E-state index < -0.39 is 0 Å². The van der Waals surface area contributed by atoms with Gasteiger partial charge in [0.15, 0.2) is 6.29 Å². The van der Waals surface area contributed by atoms with Crippen molar-refractivity contribution in [3.05, 3.63) is 25.3 Å². The second-order valence-electron chi connectivity index (χ2n) is 2.16. The predicted molar refractivity (Wildman–Crippen MR) is 55.8 cm³/mol. The fourth-order valence-corrected chi connectivity index (χ4v) is 1.10. The zero-order valence-electron chi connectivity index (χ0n) is 7.19. The van der Waals surface area contributed by atoms with Gasteiger partial charge in [-0.2, -0.15) is 0 Å². The third-order valence-corrected chi connectivity index (χ3v) is 2.02. The number of hydrogen-bond acceptors (Lipinski definition) is 3. The SMILES string of the molecule is C=CCSC(C=O)=NC(C)C=C. The van der Waals surface area contributed by atoms with Crippen LogP contribution >= 0.6 is 11.8 Å². The van der Waals surface area contributed by atoms with E-state index in [0.717, 1.165) is 6.29 Å². The Kier molecular flexibility index (Phi) is 6.38. The molecule has 0 aliphatic carbocycles. The lowest BCUT2D eigenvalue weighted by atomic mass is 10.4. The number of hydrogen-bond donors (Lipinski definition) is 0. The summed E-state index contributed by atoms with van der Waals surface area (Å²) in [6, 6.07) is 0.00233. The topological polar surface area (TPSA) is 29.4 Å². The number of nitrogens with zero attached hydrogens (tertiary/aromatic N) is 1. The Morgan fingerprint density at radius 2 is 2.33 bits per heavy atom. The molecule has 0 radical (unpaired) electrons. The van der Waals surface area contributed by atoms with E-state index in [0.29, 0.717) is 10.8 Å². The maximum Gasteiger partial charge on any atom is 0.174 e. The summed E-state index contributed by atoms with van der Waals surface area (Å²) < 4.78 is 0. The summed E-state index contributed by atoms with van der Waals surface area (Å²) in [4.78, 5) is 14.5. The number of thioether (sulfide) groups is 1. The van der Waals surface area contributed by atoms with Crippen molar-refractivity contribution in [3.8, 4) is 0 Å². The number of aliphatic imine (C=N–C) groups is 1. The van der Waals surface area contributed by atoms with E-state index in [1.54, 1.807) is 12.2 Å². The van der Waals surface area contributed by atoms with Crippen LogP contribution in [0.5, 0.6) is 0 Å². The third-order valence-electron chi connectivity index (χ3n) is 1.12. The Labute approximate surface area is 77.5 Å². The van der Waals surface area contributed by atoms with Gasteiger partial charge in [0.05, 0.1) is 6.04 Å². The standard InChI is InChI=1S/C9H13NOS/c1-4-6-12-9(7-11)10-8(3)5-2/h4-5,7-8H,1-2,6H2,3H3. The molecule has 0 aromatic rings. The highest BCUT2D eigenvalue weighted by Gasteiger charge is 1.98. The van der Waals surface area contributed by atoms with Gasteiger partial charge < -0.3 is 0 Å². The quantitative estimate of drug-likeness (QED) is 0.282. The molecule has 66 valence electrons. The van der Waals surface area contributed by atoms with Crippen LogP contribution in [0.15, 0.2) is 30.3 Å². The van der Waals surface area contributed by atoms with Crippen LogP contribution in [-0.4, -0.2) is 23.1 Å². The van der Waals surface area contributed by atoms with E-state index in [-0.39, 0.29) is 6.04 Å². The second kappa shape index (κ2) is 6.85. The smallest absolute Gasteiger partial charge is 0.174 e. The van der Waals surface area contributed by atoms with E-state index in [2.05, 4.69) is 18.2 Å². The first kappa shape index (κ1) is 11.2. The van der Waals surface area contributed by atoms with Crippen molar-refractivity contribution >= 4 is 23.1 Å². The minimum atomic E-state index is 0.00233. The van der Waals surface area contributed by atoms with Gasteiger partial charge in [-0.1, -0.05) is 23.9 Å². The molecule has 0 saturated carbocycles. The van der Waals surface area contributed by atoms with Gasteiger partial charge in [0.2, 0.25) is 0 Å². The predicted octanol–water partition coefficient (Wildman–Crippen LogP) is 2.08. The van der Waals surface area contributed by atoms with Crippen molar-refractivity contribution in [1.82, 2.24) is 0 Å². The van der Waals surface area contributed by atoms with Gasteiger partial charge in [-0.05, 0) is 6.92 Å². The molecule has 0 fully saturated rings. The van der Waals surface area contributed by atoms with Crippen LogP contribution in [0, 0.1) is 0 Å². The molecule has 0 aromatic carbocycles. The van der Waals surface area contributed by atoms with Gasteiger partial charge in [0.1, 0.15) is 5.04 Å². The molecule has 12 heavy (non-hydrogen) atoms. The number of rotatable bonds is 5. The van der Waals surface area contributed by atoms with E-state index in [1.807, 2.05) is 6.92 Å². The van der Waals surface area contributed by atoms with E-state index in [4.69, 9.17) is 0 Å². The molecule has 0 N–H and O–H groups in total. The van der Waals surface area contributed by atoms with Crippen LogP contribution in [-0.2, 0) is 4.79 Å². The van der Waals surface area contributed by atoms with Crippen molar-refractivity contribution in [1.29, 1.82) is 0 Å². The molecule has 3 heteroatoms. The fourth-order valence-electron chi connectivity index (χ4n) is 0.499. The molecule has 0 aromatic heterocycles. The number of carbonyl (C=O) groups is 1. The Morgan fingerprint density at radius 3 is 2.75 bits per heavy atom. The molecule has 2 nitrogen and oxygen atoms in total. The first-order chi connectivity index (χ1) is 5.74. The molecule has 0 heterocycles. The summed E-state index contributed by atoms with van der Waals surface area (Å²) in [7, 11) is 0. The molecule has 0 aliphatic rings. The number of aldehydes is 1. The van der Waals surface area contributed by atoms with Gasteiger partial charge >= 0.3 is 0 Å². The van der Waals surface area contributed by atoms with Crippen LogP contribution in [0.4, 0.5) is 0 Å². The summed E-state index contributed by atoms with van der Waals surface area (Å²) in [6.45, 7) is 9.01. The minimum absolute atomic E-state index is 0.00233. The zero-order valence-corrected chi connectivity index (χ0v) is 8.01. The Bertz CT molecular complexity index is 199. The molecule has 0 amide bonds. The largest absolute Gasteiger partial charge is 0.296 e. The van der Waals surface area contributed by atoms with Crippen molar-refractivity contribution in [2.24, 2.45) is 4.99 Å². The lowest BCUT2D eigenvalue weighted by Gasteiger charge is -1.99. The van der Waals surface area contributed by atoms with E-state index in [9.17, 15) is 4.79 Å². The zero-order chi connectivity index (χ0) is 9.40. The molecule has 0 bridgehead atoms. The summed E-state index contributed by atoms with van der Waals surface area (Å²) in [5.74, 6) is 0.710. The molecule has 0 aliphatic heterocycles. The molecule has 1 atom stereocenters. The Morgan fingerprint density at radius 1 is 1.67 bits per heavy atom. The average Bonchev–Trinajstić information content (AvgIpc) is 2.11. The summed E-state index contributed by atoms with van der Waals surface area (Å²) in [6.07, 6.45) is 4.19. The van der Waals surface area contributed by atoms with Crippen LogP contribution in [0.2, 0.25) is 0 Å². The van der Waals surface area contributed by atoms with Crippen LogP contribution in [0.3, 0.4) is 0 Å². The number of carbonyl (C=O) groups excluding carboxylic acids is 1. The first-order valence-electron chi connectivity index (χ1n) is 3.63. The third kappa shape index (κ3) is 4.91. The maximum absolute atomic E-state index is 10.4. The van der Waals surface area contributed by atoms with Gasteiger partial charge in [0, 0.05) is 5.75 Å². The highest BCUT2D eigenvalue weighted by Crippen LogP contribution is 2.04.